The Bertz CT molecular complexity index is 567. The van der Waals surface area contributed by atoms with Crippen molar-refractivity contribution in [3.8, 4) is 22.6 Å². The highest BCUT2D eigenvalue weighted by atomic mass is 16.5. The number of methoxy groups -OCH3 is 2. The highest BCUT2D eigenvalue weighted by Crippen LogP contribution is 2.33. The average molecular weight is 271 g/mol. The van der Waals surface area contributed by atoms with Crippen LogP contribution in [0.25, 0.3) is 11.1 Å². The Balaban J connectivity index is 2.48. The van der Waals surface area contributed by atoms with Crippen molar-refractivity contribution in [1.29, 1.82) is 0 Å². The molecule has 2 aromatic rings. The van der Waals surface area contributed by atoms with Gasteiger partial charge >= 0.3 is 0 Å². The van der Waals surface area contributed by atoms with Gasteiger partial charge in [0.25, 0.3) is 0 Å². The van der Waals surface area contributed by atoms with Gasteiger partial charge in [0.1, 0.15) is 11.5 Å². The summed E-state index contributed by atoms with van der Waals surface area (Å²) in [7, 11) is 3.39. The molecule has 0 bridgehead atoms. The Kier molecular flexibility index (Phi) is 5.02. The summed E-state index contributed by atoms with van der Waals surface area (Å²) >= 11 is 0. The summed E-state index contributed by atoms with van der Waals surface area (Å²) in [5, 5.41) is 3.37. The van der Waals surface area contributed by atoms with Crippen LogP contribution in [0, 0.1) is 0 Å². The number of nitrogens with one attached hydrogen (secondary N) is 1. The van der Waals surface area contributed by atoms with E-state index in [2.05, 4.69) is 30.4 Å². The van der Waals surface area contributed by atoms with E-state index in [0.717, 1.165) is 30.2 Å². The van der Waals surface area contributed by atoms with Gasteiger partial charge in [-0.3, -0.25) is 0 Å². The Morgan fingerprint density at radius 2 is 1.75 bits per heavy atom. The van der Waals surface area contributed by atoms with Crippen molar-refractivity contribution in [3.63, 3.8) is 0 Å². The van der Waals surface area contributed by atoms with Gasteiger partial charge in [-0.15, -0.1) is 0 Å². The number of ether oxygens (including phenoxy) is 2. The number of rotatable bonds is 6. The van der Waals surface area contributed by atoms with Crippen molar-refractivity contribution >= 4 is 0 Å². The summed E-state index contributed by atoms with van der Waals surface area (Å²) in [5.41, 5.74) is 3.48. The molecule has 2 rings (SSSR count). The third-order valence-electron chi connectivity index (χ3n) is 3.28. The first kappa shape index (κ1) is 14.4. The molecule has 0 aliphatic rings. The van der Waals surface area contributed by atoms with Crippen LogP contribution in [-0.4, -0.2) is 20.8 Å². The first-order valence-electron chi connectivity index (χ1n) is 6.81. The molecule has 0 aliphatic heterocycles. The summed E-state index contributed by atoms with van der Waals surface area (Å²) in [4.78, 5) is 0. The zero-order valence-electron chi connectivity index (χ0n) is 12.3. The van der Waals surface area contributed by atoms with Crippen LogP contribution in [-0.2, 0) is 6.54 Å². The summed E-state index contributed by atoms with van der Waals surface area (Å²) in [6, 6.07) is 14.2. The lowest BCUT2D eigenvalue weighted by Crippen LogP contribution is -2.12. The van der Waals surface area contributed by atoms with Crippen LogP contribution in [0.4, 0.5) is 0 Å². The van der Waals surface area contributed by atoms with E-state index in [0.29, 0.717) is 0 Å². The zero-order valence-corrected chi connectivity index (χ0v) is 12.3. The molecule has 0 heterocycles. The molecule has 0 aromatic heterocycles. The molecule has 20 heavy (non-hydrogen) atoms. The van der Waals surface area contributed by atoms with Crippen LogP contribution in [0.2, 0.25) is 0 Å². The average Bonchev–Trinajstić information content (AvgIpc) is 2.52. The molecular formula is C17H21NO2. The molecular weight excluding hydrogens is 250 g/mol. The van der Waals surface area contributed by atoms with E-state index in [1.54, 1.807) is 14.2 Å². The van der Waals surface area contributed by atoms with E-state index < -0.39 is 0 Å². The molecule has 0 saturated heterocycles. The van der Waals surface area contributed by atoms with Crippen LogP contribution in [0.3, 0.4) is 0 Å². The van der Waals surface area contributed by atoms with Crippen LogP contribution in [0.15, 0.2) is 42.5 Å². The molecule has 3 heteroatoms. The van der Waals surface area contributed by atoms with Crippen LogP contribution >= 0.6 is 0 Å². The smallest absolute Gasteiger partial charge is 0.126 e. The fourth-order valence-corrected chi connectivity index (χ4v) is 2.23. The van der Waals surface area contributed by atoms with Crippen molar-refractivity contribution in [2.75, 3.05) is 20.8 Å². The van der Waals surface area contributed by atoms with Crippen molar-refractivity contribution in [2.24, 2.45) is 0 Å². The first-order valence-corrected chi connectivity index (χ1v) is 6.81. The lowest BCUT2D eigenvalue weighted by atomic mass is 9.98. The van der Waals surface area contributed by atoms with E-state index in [1.807, 2.05) is 24.3 Å². The van der Waals surface area contributed by atoms with Crippen molar-refractivity contribution in [1.82, 2.24) is 5.32 Å². The Morgan fingerprint density at radius 3 is 2.45 bits per heavy atom. The Labute approximate surface area is 120 Å². The predicted molar refractivity (Wildman–Crippen MR) is 82.4 cm³/mol. The maximum atomic E-state index is 5.46. The Hall–Kier alpha value is -2.00. The van der Waals surface area contributed by atoms with Crippen molar-refractivity contribution < 1.29 is 9.47 Å². The summed E-state index contributed by atoms with van der Waals surface area (Å²) in [6.45, 7) is 3.84. The largest absolute Gasteiger partial charge is 0.497 e. The molecule has 0 saturated carbocycles. The van der Waals surface area contributed by atoms with Crippen molar-refractivity contribution in [2.45, 2.75) is 13.5 Å². The van der Waals surface area contributed by atoms with E-state index in [1.165, 1.54) is 11.1 Å². The number of hydrogen-bond acceptors (Lipinski definition) is 3. The third-order valence-corrected chi connectivity index (χ3v) is 3.28. The fraction of sp³-hybridized carbons (Fsp3) is 0.294. The molecule has 0 amide bonds. The molecule has 1 N–H and O–H groups in total. The maximum Gasteiger partial charge on any atom is 0.126 e. The molecule has 2 aromatic carbocycles. The van der Waals surface area contributed by atoms with Crippen LogP contribution < -0.4 is 14.8 Å². The van der Waals surface area contributed by atoms with Crippen LogP contribution in [0.5, 0.6) is 11.5 Å². The van der Waals surface area contributed by atoms with Gasteiger partial charge in [0.05, 0.1) is 14.2 Å². The van der Waals surface area contributed by atoms with Gasteiger partial charge in [-0.1, -0.05) is 31.2 Å². The number of para-hydroxylation sites is 1. The molecule has 0 unspecified atom stereocenters. The predicted octanol–water partition coefficient (Wildman–Crippen LogP) is 3.48. The standard InChI is InChI=1S/C17H21NO2/c1-4-18-12-13-11-14(19-2)9-10-15(13)16-7-5-6-8-17(16)20-3/h5-11,18H,4,12H2,1-3H3. The lowest BCUT2D eigenvalue weighted by Gasteiger charge is -2.14. The SMILES string of the molecule is CCNCc1cc(OC)ccc1-c1ccccc1OC. The highest BCUT2D eigenvalue weighted by molar-refractivity contribution is 5.74. The summed E-state index contributed by atoms with van der Waals surface area (Å²) in [5.74, 6) is 1.76. The van der Waals surface area contributed by atoms with Gasteiger partial charge in [0, 0.05) is 12.1 Å². The normalized spacial score (nSPS) is 10.3. The van der Waals surface area contributed by atoms with Gasteiger partial charge in [0.2, 0.25) is 0 Å². The molecule has 0 aliphatic carbocycles. The monoisotopic (exact) mass is 271 g/mol. The minimum absolute atomic E-state index is 0.807. The van der Waals surface area contributed by atoms with Gasteiger partial charge in [-0.2, -0.15) is 0 Å². The van der Waals surface area contributed by atoms with Gasteiger partial charge in [-0.25, -0.2) is 0 Å². The molecule has 0 spiro atoms. The lowest BCUT2D eigenvalue weighted by molar-refractivity contribution is 0.413. The Morgan fingerprint density at radius 1 is 0.950 bits per heavy atom. The van der Waals surface area contributed by atoms with Crippen molar-refractivity contribution in [3.05, 3.63) is 48.0 Å². The molecule has 106 valence electrons. The minimum atomic E-state index is 0.807. The highest BCUT2D eigenvalue weighted by Gasteiger charge is 2.10. The van der Waals surface area contributed by atoms with E-state index in [9.17, 15) is 0 Å². The zero-order chi connectivity index (χ0) is 14.4. The van der Waals surface area contributed by atoms with E-state index in [4.69, 9.17) is 9.47 Å². The van der Waals surface area contributed by atoms with Crippen LogP contribution in [0.1, 0.15) is 12.5 Å². The second kappa shape index (κ2) is 6.96. The summed E-state index contributed by atoms with van der Waals surface area (Å²) < 4.78 is 10.8. The number of hydrogen-bond donors (Lipinski definition) is 1. The quantitative estimate of drug-likeness (QED) is 0.872. The molecule has 3 nitrogen and oxygen atoms in total. The number of benzene rings is 2. The second-order valence-electron chi connectivity index (χ2n) is 4.50. The van der Waals surface area contributed by atoms with Gasteiger partial charge < -0.3 is 14.8 Å². The third kappa shape index (κ3) is 3.11. The van der Waals surface area contributed by atoms with E-state index in [-0.39, 0.29) is 0 Å². The maximum absolute atomic E-state index is 5.46. The minimum Gasteiger partial charge on any atom is -0.497 e. The fourth-order valence-electron chi connectivity index (χ4n) is 2.23. The van der Waals surface area contributed by atoms with E-state index >= 15 is 0 Å². The second-order valence-corrected chi connectivity index (χ2v) is 4.50. The first-order chi connectivity index (χ1) is 9.80. The topological polar surface area (TPSA) is 30.5 Å². The molecule has 0 atom stereocenters. The summed E-state index contributed by atoms with van der Waals surface area (Å²) in [6.07, 6.45) is 0. The molecule has 0 fully saturated rings. The molecule has 0 radical (unpaired) electrons. The van der Waals surface area contributed by atoms with Gasteiger partial charge in [0.15, 0.2) is 0 Å². The van der Waals surface area contributed by atoms with Gasteiger partial charge in [-0.05, 0) is 35.9 Å².